The summed E-state index contributed by atoms with van der Waals surface area (Å²) in [5.41, 5.74) is 1.46. The summed E-state index contributed by atoms with van der Waals surface area (Å²) in [5.74, 6) is 0.0280. The van der Waals surface area contributed by atoms with E-state index in [2.05, 4.69) is 4.98 Å². The summed E-state index contributed by atoms with van der Waals surface area (Å²) < 4.78 is 12.8. The third kappa shape index (κ3) is 2.30. The lowest BCUT2D eigenvalue weighted by Crippen LogP contribution is -1.82. The van der Waals surface area contributed by atoms with Crippen molar-refractivity contribution in [3.8, 4) is 11.3 Å². The second kappa shape index (κ2) is 4.47. The van der Waals surface area contributed by atoms with Gasteiger partial charge in [0.15, 0.2) is 0 Å². The maximum Gasteiger partial charge on any atom is 0.124 e. The summed E-state index contributed by atoms with van der Waals surface area (Å²) in [6.07, 6.45) is 0. The molecule has 0 aliphatic carbocycles. The Morgan fingerprint density at radius 2 is 2.20 bits per heavy atom. The molecule has 0 spiro atoms. The van der Waals surface area contributed by atoms with Gasteiger partial charge in [-0.3, -0.25) is 0 Å². The second-order valence-electron chi connectivity index (χ2n) is 2.88. The molecule has 0 aliphatic heterocycles. The topological polar surface area (TPSA) is 12.9 Å². The van der Waals surface area contributed by atoms with Gasteiger partial charge in [0.05, 0.1) is 16.6 Å². The lowest BCUT2D eigenvalue weighted by Gasteiger charge is -1.99. The lowest BCUT2D eigenvalue weighted by atomic mass is 10.2. The molecule has 0 amide bonds. The van der Waals surface area contributed by atoms with E-state index in [1.165, 1.54) is 23.5 Å². The van der Waals surface area contributed by atoms with Gasteiger partial charge in [-0.1, -0.05) is 11.6 Å². The molecule has 0 saturated carbocycles. The van der Waals surface area contributed by atoms with Crippen LogP contribution in [0.4, 0.5) is 4.39 Å². The number of rotatable bonds is 2. The van der Waals surface area contributed by atoms with Crippen molar-refractivity contribution in [1.82, 2.24) is 4.98 Å². The molecule has 0 fully saturated rings. The van der Waals surface area contributed by atoms with E-state index in [1.54, 1.807) is 6.07 Å². The maximum absolute atomic E-state index is 12.8. The fourth-order valence-corrected chi connectivity index (χ4v) is 2.35. The predicted molar refractivity (Wildman–Crippen MR) is 62.1 cm³/mol. The number of nitrogens with zero attached hydrogens (tertiary/aromatic N) is 1. The SMILES string of the molecule is Fc1ccc(-c2csc(CCl)n2)c(Cl)c1. The molecular weight excluding hydrogens is 256 g/mol. The fraction of sp³-hybridized carbons (Fsp3) is 0.100. The van der Waals surface area contributed by atoms with E-state index in [-0.39, 0.29) is 5.82 Å². The average Bonchev–Trinajstić information content (AvgIpc) is 2.66. The third-order valence-corrected chi connectivity index (χ3v) is 3.45. The van der Waals surface area contributed by atoms with Gasteiger partial charge in [0.1, 0.15) is 10.8 Å². The van der Waals surface area contributed by atoms with Crippen LogP contribution in [0.3, 0.4) is 0 Å². The van der Waals surface area contributed by atoms with Crippen LogP contribution in [0.25, 0.3) is 11.3 Å². The summed E-state index contributed by atoms with van der Waals surface area (Å²) in [6.45, 7) is 0. The van der Waals surface area contributed by atoms with Crippen LogP contribution in [-0.4, -0.2) is 4.98 Å². The van der Waals surface area contributed by atoms with Crippen molar-refractivity contribution in [3.05, 3.63) is 39.4 Å². The monoisotopic (exact) mass is 261 g/mol. The van der Waals surface area contributed by atoms with E-state index in [4.69, 9.17) is 23.2 Å². The van der Waals surface area contributed by atoms with Gasteiger partial charge in [0, 0.05) is 10.9 Å². The van der Waals surface area contributed by atoms with Gasteiger partial charge in [-0.2, -0.15) is 0 Å². The Labute approximate surface area is 100 Å². The summed E-state index contributed by atoms with van der Waals surface area (Å²) in [7, 11) is 0. The number of benzene rings is 1. The number of halogens is 3. The highest BCUT2D eigenvalue weighted by Crippen LogP contribution is 2.29. The molecule has 1 nitrogen and oxygen atoms in total. The van der Waals surface area contributed by atoms with Crippen LogP contribution in [0, 0.1) is 5.82 Å². The van der Waals surface area contributed by atoms with Crippen molar-refractivity contribution < 1.29 is 4.39 Å². The van der Waals surface area contributed by atoms with Gasteiger partial charge in [-0.15, -0.1) is 22.9 Å². The van der Waals surface area contributed by atoms with Crippen LogP contribution in [0.5, 0.6) is 0 Å². The van der Waals surface area contributed by atoms with E-state index in [9.17, 15) is 4.39 Å². The molecule has 5 heteroatoms. The highest BCUT2D eigenvalue weighted by molar-refractivity contribution is 7.10. The molecule has 0 aliphatic rings. The first-order chi connectivity index (χ1) is 7.20. The zero-order chi connectivity index (χ0) is 10.8. The summed E-state index contributed by atoms with van der Waals surface area (Å²) in [4.78, 5) is 4.27. The molecule has 0 N–H and O–H groups in total. The molecule has 2 rings (SSSR count). The fourth-order valence-electron chi connectivity index (χ4n) is 1.19. The highest BCUT2D eigenvalue weighted by atomic mass is 35.5. The summed E-state index contributed by atoms with van der Waals surface area (Å²) in [6, 6.07) is 4.25. The molecule has 2 aromatic rings. The molecule has 1 aromatic heterocycles. The molecule has 78 valence electrons. The Morgan fingerprint density at radius 3 is 2.80 bits per heavy atom. The van der Waals surface area contributed by atoms with Crippen molar-refractivity contribution in [2.24, 2.45) is 0 Å². The Balaban J connectivity index is 2.44. The molecule has 0 bridgehead atoms. The van der Waals surface area contributed by atoms with E-state index < -0.39 is 0 Å². The Bertz CT molecular complexity index is 484. The predicted octanol–water partition coefficient (Wildman–Crippen LogP) is 4.34. The minimum absolute atomic E-state index is 0.350. The van der Waals surface area contributed by atoms with Crippen molar-refractivity contribution in [1.29, 1.82) is 0 Å². The van der Waals surface area contributed by atoms with Gasteiger partial charge in [-0.05, 0) is 18.2 Å². The molecule has 0 atom stereocenters. The van der Waals surface area contributed by atoms with Crippen LogP contribution in [0.15, 0.2) is 23.6 Å². The van der Waals surface area contributed by atoms with Gasteiger partial charge in [0.2, 0.25) is 0 Å². The molecule has 15 heavy (non-hydrogen) atoms. The number of aromatic nitrogens is 1. The Kier molecular flexibility index (Phi) is 3.24. The smallest absolute Gasteiger partial charge is 0.124 e. The largest absolute Gasteiger partial charge is 0.240 e. The van der Waals surface area contributed by atoms with E-state index in [1.807, 2.05) is 5.38 Å². The Morgan fingerprint density at radius 1 is 1.40 bits per heavy atom. The first-order valence-corrected chi connectivity index (χ1v) is 5.95. The van der Waals surface area contributed by atoms with Crippen LogP contribution in [0.1, 0.15) is 5.01 Å². The maximum atomic E-state index is 12.8. The van der Waals surface area contributed by atoms with Crippen molar-refractivity contribution in [3.63, 3.8) is 0 Å². The van der Waals surface area contributed by atoms with Gasteiger partial charge < -0.3 is 0 Å². The summed E-state index contributed by atoms with van der Waals surface area (Å²) in [5, 5.41) is 3.05. The van der Waals surface area contributed by atoms with Crippen LogP contribution in [0.2, 0.25) is 5.02 Å². The standard InChI is InChI=1S/C10H6Cl2FNS/c11-4-10-14-9(5-15-10)7-2-1-6(13)3-8(7)12/h1-3,5H,4H2. The van der Waals surface area contributed by atoms with Gasteiger partial charge in [0.25, 0.3) is 0 Å². The number of thiazole rings is 1. The zero-order valence-electron chi connectivity index (χ0n) is 7.51. The minimum Gasteiger partial charge on any atom is -0.240 e. The molecular formula is C10H6Cl2FNS. The highest BCUT2D eigenvalue weighted by Gasteiger charge is 2.08. The quantitative estimate of drug-likeness (QED) is 0.733. The number of hydrogen-bond acceptors (Lipinski definition) is 2. The Hall–Kier alpha value is -0.640. The van der Waals surface area contributed by atoms with E-state index >= 15 is 0 Å². The van der Waals surface area contributed by atoms with Crippen molar-refractivity contribution in [2.45, 2.75) is 5.88 Å². The van der Waals surface area contributed by atoms with Crippen LogP contribution < -0.4 is 0 Å². The molecule has 0 radical (unpaired) electrons. The van der Waals surface area contributed by atoms with Gasteiger partial charge in [-0.25, -0.2) is 9.37 Å². The normalized spacial score (nSPS) is 10.6. The zero-order valence-corrected chi connectivity index (χ0v) is 9.83. The number of alkyl halides is 1. The minimum atomic E-state index is -0.350. The van der Waals surface area contributed by atoms with Crippen molar-refractivity contribution in [2.75, 3.05) is 0 Å². The van der Waals surface area contributed by atoms with Gasteiger partial charge >= 0.3 is 0 Å². The van der Waals surface area contributed by atoms with Crippen LogP contribution >= 0.6 is 34.5 Å². The van der Waals surface area contributed by atoms with E-state index in [0.717, 1.165) is 16.3 Å². The second-order valence-corrected chi connectivity index (χ2v) is 4.50. The molecule has 0 saturated heterocycles. The molecule has 1 heterocycles. The first-order valence-electron chi connectivity index (χ1n) is 4.16. The van der Waals surface area contributed by atoms with Crippen molar-refractivity contribution >= 4 is 34.5 Å². The van der Waals surface area contributed by atoms with E-state index in [0.29, 0.717) is 10.9 Å². The van der Waals surface area contributed by atoms with Crippen LogP contribution in [-0.2, 0) is 5.88 Å². The molecule has 0 unspecified atom stereocenters. The summed E-state index contributed by atoms with van der Waals surface area (Å²) >= 11 is 13.0. The number of hydrogen-bond donors (Lipinski definition) is 0. The third-order valence-electron chi connectivity index (χ3n) is 1.87. The average molecular weight is 262 g/mol. The lowest BCUT2D eigenvalue weighted by molar-refractivity contribution is 0.628. The first kappa shape index (κ1) is 10.9. The molecule has 1 aromatic carbocycles.